The molecule has 1 aromatic carbocycles. The molecular formula is C16H20N4. The molecule has 0 aliphatic rings. The second kappa shape index (κ2) is 6.33. The first-order valence-corrected chi connectivity index (χ1v) is 7.07. The topological polar surface area (TPSA) is 61.6 Å². The zero-order chi connectivity index (χ0) is 14.5. The number of rotatable bonds is 5. The van der Waals surface area contributed by atoms with Gasteiger partial charge in [-0.25, -0.2) is 0 Å². The minimum Gasteiger partial charge on any atom is -0.380 e. The van der Waals surface area contributed by atoms with E-state index >= 15 is 0 Å². The van der Waals surface area contributed by atoms with Crippen molar-refractivity contribution in [3.8, 4) is 6.07 Å². The maximum Gasteiger partial charge on any atom is 0.186 e. The Labute approximate surface area is 119 Å². The molecule has 2 rings (SSSR count). The van der Waals surface area contributed by atoms with Crippen LogP contribution in [0.4, 0.5) is 5.69 Å². The quantitative estimate of drug-likeness (QED) is 0.897. The van der Waals surface area contributed by atoms with Gasteiger partial charge in [-0.15, -0.1) is 10.2 Å². The summed E-state index contributed by atoms with van der Waals surface area (Å²) < 4.78 is 0. The molecule has 0 amide bonds. The van der Waals surface area contributed by atoms with Gasteiger partial charge in [-0.2, -0.15) is 5.26 Å². The molecular weight excluding hydrogens is 248 g/mol. The molecule has 0 bridgehead atoms. The van der Waals surface area contributed by atoms with Crippen LogP contribution in [0.5, 0.6) is 0 Å². The largest absolute Gasteiger partial charge is 0.380 e. The van der Waals surface area contributed by atoms with E-state index in [4.69, 9.17) is 0 Å². The Hall–Kier alpha value is -2.15. The SMILES string of the molecule is CCC(C)CC(C)Nc1c(C#N)nnc2ccccc12. The molecule has 104 valence electrons. The Morgan fingerprint density at radius 1 is 1.25 bits per heavy atom. The average Bonchev–Trinajstić information content (AvgIpc) is 2.47. The van der Waals surface area contributed by atoms with E-state index in [-0.39, 0.29) is 0 Å². The lowest BCUT2D eigenvalue weighted by molar-refractivity contribution is 0.484. The van der Waals surface area contributed by atoms with Crippen LogP contribution >= 0.6 is 0 Å². The van der Waals surface area contributed by atoms with Crippen LogP contribution in [0.1, 0.15) is 39.3 Å². The summed E-state index contributed by atoms with van der Waals surface area (Å²) in [5.74, 6) is 0.657. The summed E-state index contributed by atoms with van der Waals surface area (Å²) in [7, 11) is 0. The Morgan fingerprint density at radius 3 is 2.70 bits per heavy atom. The van der Waals surface area contributed by atoms with E-state index in [0.717, 1.165) is 29.4 Å². The highest BCUT2D eigenvalue weighted by molar-refractivity contribution is 5.92. The summed E-state index contributed by atoms with van der Waals surface area (Å²) in [4.78, 5) is 0. The van der Waals surface area contributed by atoms with Gasteiger partial charge < -0.3 is 5.32 Å². The van der Waals surface area contributed by atoms with Crippen molar-refractivity contribution in [3.05, 3.63) is 30.0 Å². The van der Waals surface area contributed by atoms with Crippen LogP contribution in [0.3, 0.4) is 0 Å². The summed E-state index contributed by atoms with van der Waals surface area (Å²) >= 11 is 0. The molecule has 2 atom stereocenters. The molecule has 0 radical (unpaired) electrons. The third-order valence-electron chi connectivity index (χ3n) is 3.62. The number of nitrogens with zero attached hydrogens (tertiary/aromatic N) is 3. The number of anilines is 1. The third kappa shape index (κ3) is 3.05. The molecule has 20 heavy (non-hydrogen) atoms. The van der Waals surface area contributed by atoms with Crippen molar-refractivity contribution in [2.45, 2.75) is 39.7 Å². The molecule has 0 fully saturated rings. The first kappa shape index (κ1) is 14.3. The van der Waals surface area contributed by atoms with E-state index in [1.165, 1.54) is 0 Å². The molecule has 2 aromatic rings. The summed E-state index contributed by atoms with van der Waals surface area (Å²) in [6, 6.07) is 10.2. The van der Waals surface area contributed by atoms with Gasteiger partial charge in [0.25, 0.3) is 0 Å². The smallest absolute Gasteiger partial charge is 0.186 e. The predicted molar refractivity (Wildman–Crippen MR) is 81.4 cm³/mol. The van der Waals surface area contributed by atoms with Crippen LogP contribution in [-0.4, -0.2) is 16.2 Å². The van der Waals surface area contributed by atoms with Crippen molar-refractivity contribution < 1.29 is 0 Å². The number of fused-ring (bicyclic) bond motifs is 1. The number of nitriles is 1. The molecule has 2 unspecified atom stereocenters. The molecule has 1 aromatic heterocycles. The van der Waals surface area contributed by atoms with Crippen molar-refractivity contribution in [2.75, 3.05) is 5.32 Å². The van der Waals surface area contributed by atoms with Crippen molar-refractivity contribution in [3.63, 3.8) is 0 Å². The van der Waals surface area contributed by atoms with Gasteiger partial charge in [0.15, 0.2) is 5.69 Å². The fraction of sp³-hybridized carbons (Fsp3) is 0.438. The fourth-order valence-corrected chi connectivity index (χ4v) is 2.35. The van der Waals surface area contributed by atoms with Crippen LogP contribution in [0.2, 0.25) is 0 Å². The van der Waals surface area contributed by atoms with Gasteiger partial charge >= 0.3 is 0 Å². The maximum atomic E-state index is 9.23. The van der Waals surface area contributed by atoms with Crippen molar-refractivity contribution in [2.24, 2.45) is 5.92 Å². The first-order chi connectivity index (χ1) is 9.65. The van der Waals surface area contributed by atoms with Gasteiger partial charge in [0.2, 0.25) is 0 Å². The van der Waals surface area contributed by atoms with Crippen LogP contribution in [0.15, 0.2) is 24.3 Å². The van der Waals surface area contributed by atoms with E-state index in [2.05, 4.69) is 42.4 Å². The molecule has 0 saturated carbocycles. The molecule has 1 N–H and O–H groups in total. The van der Waals surface area contributed by atoms with Crippen molar-refractivity contribution >= 4 is 16.6 Å². The minimum absolute atomic E-state index is 0.296. The lowest BCUT2D eigenvalue weighted by atomic mass is 10.00. The van der Waals surface area contributed by atoms with E-state index in [1.807, 2.05) is 24.3 Å². The maximum absolute atomic E-state index is 9.23. The van der Waals surface area contributed by atoms with Crippen LogP contribution < -0.4 is 5.32 Å². The van der Waals surface area contributed by atoms with Gasteiger partial charge in [-0.3, -0.25) is 0 Å². The summed E-state index contributed by atoms with van der Waals surface area (Å²) in [6.45, 7) is 6.58. The zero-order valence-electron chi connectivity index (χ0n) is 12.2. The summed E-state index contributed by atoms with van der Waals surface area (Å²) in [5.41, 5.74) is 1.97. The van der Waals surface area contributed by atoms with Gasteiger partial charge in [0, 0.05) is 11.4 Å². The Morgan fingerprint density at radius 2 is 2.00 bits per heavy atom. The standard InChI is InChI=1S/C16H20N4/c1-4-11(2)9-12(3)18-16-13-7-5-6-8-14(13)19-20-15(16)10-17/h5-8,11-12H,4,9H2,1-3H3,(H,18,19). The number of hydrogen-bond donors (Lipinski definition) is 1. The van der Waals surface area contributed by atoms with Crippen molar-refractivity contribution in [1.82, 2.24) is 10.2 Å². The van der Waals surface area contributed by atoms with Crippen molar-refractivity contribution in [1.29, 1.82) is 5.26 Å². The number of benzene rings is 1. The number of aromatic nitrogens is 2. The third-order valence-corrected chi connectivity index (χ3v) is 3.62. The normalized spacial score (nSPS) is 13.7. The molecule has 4 nitrogen and oxygen atoms in total. The van der Waals surface area contributed by atoms with Crippen LogP contribution in [0.25, 0.3) is 10.9 Å². The van der Waals surface area contributed by atoms with Crippen LogP contribution in [-0.2, 0) is 0 Å². The lowest BCUT2D eigenvalue weighted by Crippen LogP contribution is -2.19. The highest BCUT2D eigenvalue weighted by atomic mass is 15.1. The molecule has 0 aliphatic carbocycles. The highest BCUT2D eigenvalue weighted by Gasteiger charge is 2.14. The van der Waals surface area contributed by atoms with E-state index < -0.39 is 0 Å². The molecule has 0 saturated heterocycles. The number of nitrogens with one attached hydrogen (secondary N) is 1. The lowest BCUT2D eigenvalue weighted by Gasteiger charge is -2.20. The Balaban J connectivity index is 2.34. The zero-order valence-corrected chi connectivity index (χ0v) is 12.2. The second-order valence-corrected chi connectivity index (χ2v) is 5.35. The Kier molecular flexibility index (Phi) is 4.52. The number of hydrogen-bond acceptors (Lipinski definition) is 4. The monoisotopic (exact) mass is 268 g/mol. The predicted octanol–water partition coefficient (Wildman–Crippen LogP) is 3.74. The first-order valence-electron chi connectivity index (χ1n) is 7.07. The molecule has 0 spiro atoms. The minimum atomic E-state index is 0.296. The molecule has 1 heterocycles. The van der Waals surface area contributed by atoms with Gasteiger partial charge in [-0.05, 0) is 25.3 Å². The Bertz CT molecular complexity index is 630. The summed E-state index contributed by atoms with van der Waals surface area (Å²) in [5, 5.41) is 21.7. The van der Waals surface area contributed by atoms with Crippen LogP contribution in [0, 0.1) is 17.2 Å². The van der Waals surface area contributed by atoms with E-state index in [1.54, 1.807) is 0 Å². The molecule has 0 aliphatic heterocycles. The van der Waals surface area contributed by atoms with Gasteiger partial charge in [0.05, 0.1) is 11.2 Å². The average molecular weight is 268 g/mol. The second-order valence-electron chi connectivity index (χ2n) is 5.35. The highest BCUT2D eigenvalue weighted by Crippen LogP contribution is 2.25. The van der Waals surface area contributed by atoms with Gasteiger partial charge in [-0.1, -0.05) is 38.5 Å². The molecule has 4 heteroatoms. The van der Waals surface area contributed by atoms with E-state index in [9.17, 15) is 5.26 Å². The van der Waals surface area contributed by atoms with E-state index in [0.29, 0.717) is 17.7 Å². The summed E-state index contributed by atoms with van der Waals surface area (Å²) in [6.07, 6.45) is 2.23. The van der Waals surface area contributed by atoms with Gasteiger partial charge in [0.1, 0.15) is 6.07 Å². The fourth-order valence-electron chi connectivity index (χ4n) is 2.35.